The van der Waals surface area contributed by atoms with Gasteiger partial charge in [0, 0.05) is 19.3 Å². The summed E-state index contributed by atoms with van der Waals surface area (Å²) in [4.78, 5) is 0. The molecule has 0 amide bonds. The average molecular weight is 290 g/mol. The number of nitrogens with zero attached hydrogens (tertiary/aromatic N) is 3. The molecule has 1 aromatic heterocycles. The molecule has 0 radical (unpaired) electrons. The SMILES string of the molecule is CCc1cccc(OCC(O)CNCCn2ccnn2)c1. The summed E-state index contributed by atoms with van der Waals surface area (Å²) in [5.74, 6) is 0.802. The number of aliphatic hydroxyl groups is 1. The fraction of sp³-hybridized carbons (Fsp3) is 0.467. The van der Waals surface area contributed by atoms with Crippen molar-refractivity contribution in [1.29, 1.82) is 0 Å². The first-order valence-corrected chi connectivity index (χ1v) is 7.22. The summed E-state index contributed by atoms with van der Waals surface area (Å²) in [7, 11) is 0. The van der Waals surface area contributed by atoms with E-state index in [4.69, 9.17) is 4.74 Å². The fourth-order valence-corrected chi connectivity index (χ4v) is 1.92. The van der Waals surface area contributed by atoms with Crippen LogP contribution in [0.2, 0.25) is 0 Å². The quantitative estimate of drug-likeness (QED) is 0.671. The number of benzene rings is 1. The zero-order chi connectivity index (χ0) is 14.9. The maximum Gasteiger partial charge on any atom is 0.119 e. The van der Waals surface area contributed by atoms with Gasteiger partial charge in [-0.2, -0.15) is 0 Å². The van der Waals surface area contributed by atoms with Crippen molar-refractivity contribution in [3.8, 4) is 5.75 Å². The smallest absolute Gasteiger partial charge is 0.119 e. The van der Waals surface area contributed by atoms with Gasteiger partial charge in [0.2, 0.25) is 0 Å². The number of nitrogens with one attached hydrogen (secondary N) is 1. The van der Waals surface area contributed by atoms with Gasteiger partial charge >= 0.3 is 0 Å². The second kappa shape index (κ2) is 8.39. The van der Waals surface area contributed by atoms with Gasteiger partial charge in [-0.15, -0.1) is 5.10 Å². The zero-order valence-corrected chi connectivity index (χ0v) is 12.3. The summed E-state index contributed by atoms with van der Waals surface area (Å²) in [5, 5.41) is 20.6. The molecule has 1 atom stereocenters. The molecule has 21 heavy (non-hydrogen) atoms. The molecule has 0 fully saturated rings. The number of ether oxygens (including phenoxy) is 1. The van der Waals surface area contributed by atoms with E-state index in [1.54, 1.807) is 10.9 Å². The maximum atomic E-state index is 9.87. The van der Waals surface area contributed by atoms with E-state index in [-0.39, 0.29) is 6.61 Å². The van der Waals surface area contributed by atoms with Crippen LogP contribution in [0, 0.1) is 0 Å². The molecule has 6 nitrogen and oxygen atoms in total. The monoisotopic (exact) mass is 290 g/mol. The van der Waals surface area contributed by atoms with E-state index < -0.39 is 6.10 Å². The predicted octanol–water partition coefficient (Wildman–Crippen LogP) is 0.870. The van der Waals surface area contributed by atoms with Crippen molar-refractivity contribution in [3.05, 3.63) is 42.2 Å². The van der Waals surface area contributed by atoms with E-state index >= 15 is 0 Å². The van der Waals surface area contributed by atoms with Crippen molar-refractivity contribution < 1.29 is 9.84 Å². The topological polar surface area (TPSA) is 72.2 Å². The van der Waals surface area contributed by atoms with Crippen LogP contribution in [0.1, 0.15) is 12.5 Å². The first-order chi connectivity index (χ1) is 10.3. The van der Waals surface area contributed by atoms with Gasteiger partial charge in [-0.25, -0.2) is 0 Å². The van der Waals surface area contributed by atoms with Crippen LogP contribution in [-0.4, -0.2) is 45.9 Å². The van der Waals surface area contributed by atoms with E-state index in [2.05, 4.69) is 28.6 Å². The number of aliphatic hydroxyl groups excluding tert-OH is 1. The molecule has 2 rings (SSSR count). The third-order valence-electron chi connectivity index (χ3n) is 3.12. The lowest BCUT2D eigenvalue weighted by molar-refractivity contribution is 0.106. The highest BCUT2D eigenvalue weighted by atomic mass is 16.5. The molecule has 0 saturated heterocycles. The lowest BCUT2D eigenvalue weighted by Crippen LogP contribution is -2.33. The van der Waals surface area contributed by atoms with E-state index in [9.17, 15) is 5.11 Å². The molecule has 0 spiro atoms. The molecule has 0 aliphatic carbocycles. The highest BCUT2D eigenvalue weighted by Gasteiger charge is 2.05. The molecule has 0 aliphatic rings. The molecule has 2 aromatic rings. The van der Waals surface area contributed by atoms with Crippen molar-refractivity contribution >= 4 is 0 Å². The van der Waals surface area contributed by atoms with Crippen LogP contribution in [0.25, 0.3) is 0 Å². The van der Waals surface area contributed by atoms with Crippen LogP contribution in [-0.2, 0) is 13.0 Å². The first-order valence-electron chi connectivity index (χ1n) is 7.22. The minimum Gasteiger partial charge on any atom is -0.491 e. The second-order valence-corrected chi connectivity index (χ2v) is 4.84. The van der Waals surface area contributed by atoms with E-state index in [0.717, 1.165) is 25.3 Å². The average Bonchev–Trinajstić information content (AvgIpc) is 3.03. The van der Waals surface area contributed by atoms with Crippen LogP contribution in [0.3, 0.4) is 0 Å². The molecular formula is C15H22N4O2. The van der Waals surface area contributed by atoms with Gasteiger partial charge in [-0.05, 0) is 24.1 Å². The van der Waals surface area contributed by atoms with Crippen molar-refractivity contribution in [2.24, 2.45) is 0 Å². The molecule has 0 bridgehead atoms. The number of hydrogen-bond acceptors (Lipinski definition) is 5. The maximum absolute atomic E-state index is 9.87. The Bertz CT molecular complexity index is 516. The third-order valence-corrected chi connectivity index (χ3v) is 3.12. The Balaban J connectivity index is 1.61. The van der Waals surface area contributed by atoms with Gasteiger partial charge in [-0.3, -0.25) is 4.68 Å². The molecule has 0 aliphatic heterocycles. The summed E-state index contributed by atoms with van der Waals surface area (Å²) in [6.07, 6.45) is 3.89. The Kier molecular flexibility index (Phi) is 6.18. The number of aryl methyl sites for hydroxylation is 1. The molecule has 2 N–H and O–H groups in total. The van der Waals surface area contributed by atoms with Gasteiger partial charge in [-0.1, -0.05) is 24.3 Å². The van der Waals surface area contributed by atoms with Crippen LogP contribution in [0.15, 0.2) is 36.7 Å². The number of rotatable bonds is 9. The van der Waals surface area contributed by atoms with Crippen LogP contribution in [0.5, 0.6) is 5.75 Å². The largest absolute Gasteiger partial charge is 0.491 e. The van der Waals surface area contributed by atoms with Crippen LogP contribution in [0.4, 0.5) is 0 Å². The summed E-state index contributed by atoms with van der Waals surface area (Å²) in [5.41, 5.74) is 1.23. The third kappa shape index (κ3) is 5.53. The van der Waals surface area contributed by atoms with Crippen molar-refractivity contribution in [3.63, 3.8) is 0 Å². The summed E-state index contributed by atoms with van der Waals surface area (Å²) < 4.78 is 7.34. The lowest BCUT2D eigenvalue weighted by Gasteiger charge is -2.13. The Labute approximate surface area is 124 Å². The Hall–Kier alpha value is -1.92. The summed E-state index contributed by atoms with van der Waals surface area (Å²) in [6.45, 7) is 4.33. The molecule has 114 valence electrons. The molecule has 1 heterocycles. The van der Waals surface area contributed by atoms with Gasteiger partial charge in [0.05, 0.1) is 12.7 Å². The number of hydrogen-bond donors (Lipinski definition) is 2. The second-order valence-electron chi connectivity index (χ2n) is 4.84. The van der Waals surface area contributed by atoms with Gasteiger partial charge in [0.15, 0.2) is 0 Å². The predicted molar refractivity (Wildman–Crippen MR) is 80.2 cm³/mol. The molecule has 1 unspecified atom stereocenters. The Morgan fingerprint density at radius 2 is 2.33 bits per heavy atom. The van der Waals surface area contributed by atoms with Crippen molar-refractivity contribution in [2.75, 3.05) is 19.7 Å². The number of aromatic nitrogens is 3. The highest BCUT2D eigenvalue weighted by Crippen LogP contribution is 2.13. The Morgan fingerprint density at radius 3 is 3.10 bits per heavy atom. The standard InChI is InChI=1S/C15H22N4O2/c1-2-13-4-3-5-15(10-13)21-12-14(20)11-16-6-8-19-9-7-17-18-19/h3-5,7,9-10,14,16,20H,2,6,8,11-12H2,1H3. The summed E-state index contributed by atoms with van der Waals surface area (Å²) in [6, 6.07) is 7.95. The molecule has 1 aromatic carbocycles. The lowest BCUT2D eigenvalue weighted by atomic mass is 10.2. The first kappa shape index (κ1) is 15.5. The van der Waals surface area contributed by atoms with Gasteiger partial charge in [0.1, 0.15) is 18.5 Å². The van der Waals surface area contributed by atoms with Crippen LogP contribution >= 0.6 is 0 Å². The summed E-state index contributed by atoms with van der Waals surface area (Å²) >= 11 is 0. The zero-order valence-electron chi connectivity index (χ0n) is 12.3. The van der Waals surface area contributed by atoms with E-state index in [0.29, 0.717) is 6.54 Å². The van der Waals surface area contributed by atoms with Crippen LogP contribution < -0.4 is 10.1 Å². The van der Waals surface area contributed by atoms with E-state index in [1.807, 2.05) is 24.4 Å². The fourth-order valence-electron chi connectivity index (χ4n) is 1.92. The molecule has 0 saturated carbocycles. The molecular weight excluding hydrogens is 268 g/mol. The normalized spacial score (nSPS) is 12.3. The minimum atomic E-state index is -0.536. The van der Waals surface area contributed by atoms with Crippen molar-refractivity contribution in [1.82, 2.24) is 20.3 Å². The highest BCUT2D eigenvalue weighted by molar-refractivity contribution is 5.28. The van der Waals surface area contributed by atoms with Crippen molar-refractivity contribution in [2.45, 2.75) is 26.0 Å². The minimum absolute atomic E-state index is 0.281. The van der Waals surface area contributed by atoms with Gasteiger partial charge < -0.3 is 15.2 Å². The Morgan fingerprint density at radius 1 is 1.43 bits per heavy atom. The molecule has 6 heteroatoms. The van der Waals surface area contributed by atoms with Gasteiger partial charge in [0.25, 0.3) is 0 Å². The van der Waals surface area contributed by atoms with E-state index in [1.165, 1.54) is 5.56 Å².